The van der Waals surface area contributed by atoms with Crippen LogP contribution in [0.4, 0.5) is 5.69 Å². The topological polar surface area (TPSA) is 96.5 Å². The zero-order valence-corrected chi connectivity index (χ0v) is 15.9. The number of imidazole rings is 1. The van der Waals surface area contributed by atoms with Gasteiger partial charge in [0.05, 0.1) is 23.0 Å². The van der Waals surface area contributed by atoms with Crippen LogP contribution in [0.5, 0.6) is 0 Å². The fourth-order valence-corrected chi connectivity index (χ4v) is 2.63. The summed E-state index contributed by atoms with van der Waals surface area (Å²) in [7, 11) is 0. The van der Waals surface area contributed by atoms with Crippen LogP contribution in [0.3, 0.4) is 0 Å². The molecule has 3 aromatic rings. The molecule has 2 heterocycles. The Morgan fingerprint density at radius 2 is 1.86 bits per heavy atom. The lowest BCUT2D eigenvalue weighted by Gasteiger charge is -2.19. The molecule has 7 nitrogen and oxygen atoms in total. The Hall–Kier alpha value is -3.66. The van der Waals surface area contributed by atoms with Gasteiger partial charge in [-0.2, -0.15) is 5.26 Å². The monoisotopic (exact) mass is 376 g/mol. The maximum atomic E-state index is 12.1. The summed E-state index contributed by atoms with van der Waals surface area (Å²) in [5, 5.41) is 11.6. The molecule has 0 radical (unpaired) electrons. The Morgan fingerprint density at radius 3 is 2.50 bits per heavy atom. The van der Waals surface area contributed by atoms with Crippen LogP contribution in [0, 0.1) is 11.3 Å². The van der Waals surface area contributed by atoms with Crippen molar-refractivity contribution in [3.63, 3.8) is 0 Å². The van der Waals surface area contributed by atoms with Crippen LogP contribution >= 0.6 is 0 Å². The predicted octanol–water partition coefficient (Wildman–Crippen LogP) is 3.54. The van der Waals surface area contributed by atoms with Gasteiger partial charge in [0.2, 0.25) is 5.91 Å². The Bertz CT molecular complexity index is 1070. The average Bonchev–Trinajstić information content (AvgIpc) is 3.03. The zero-order chi connectivity index (χ0) is 20.3. The van der Waals surface area contributed by atoms with Crippen molar-refractivity contribution in [1.82, 2.24) is 9.38 Å². The Kier molecular flexibility index (Phi) is 5.14. The number of nitrogens with zero attached hydrogens (tertiary/aromatic N) is 3. The van der Waals surface area contributed by atoms with Crippen LogP contribution in [-0.4, -0.2) is 26.9 Å². The summed E-state index contributed by atoms with van der Waals surface area (Å²) < 4.78 is 6.94. The molecular weight excluding hydrogens is 356 g/mol. The largest absolute Gasteiger partial charge is 0.460 e. The van der Waals surface area contributed by atoms with Crippen molar-refractivity contribution < 1.29 is 14.3 Å². The van der Waals surface area contributed by atoms with Crippen LogP contribution < -0.4 is 5.32 Å². The minimum absolute atomic E-state index is 0.351. The van der Waals surface area contributed by atoms with E-state index in [-0.39, 0.29) is 6.42 Å². The second-order valence-corrected chi connectivity index (χ2v) is 7.31. The average molecular weight is 376 g/mol. The van der Waals surface area contributed by atoms with Crippen LogP contribution in [-0.2, 0) is 14.3 Å². The highest BCUT2D eigenvalue weighted by Crippen LogP contribution is 2.21. The third-order valence-electron chi connectivity index (χ3n) is 3.77. The fraction of sp³-hybridized carbons (Fsp3) is 0.238. The van der Waals surface area contributed by atoms with Crippen molar-refractivity contribution in [3.05, 3.63) is 54.4 Å². The smallest absolute Gasteiger partial charge is 0.315 e. The number of aromatic nitrogens is 2. The number of hydrogen-bond donors (Lipinski definition) is 1. The molecule has 0 aliphatic carbocycles. The molecule has 1 amide bonds. The van der Waals surface area contributed by atoms with Crippen molar-refractivity contribution in [2.45, 2.75) is 32.8 Å². The number of rotatable bonds is 4. The molecule has 0 bridgehead atoms. The van der Waals surface area contributed by atoms with E-state index in [9.17, 15) is 9.59 Å². The quantitative estimate of drug-likeness (QED) is 0.555. The molecule has 7 heteroatoms. The third-order valence-corrected chi connectivity index (χ3v) is 3.77. The summed E-state index contributed by atoms with van der Waals surface area (Å²) in [6, 6.07) is 12.7. The zero-order valence-electron chi connectivity index (χ0n) is 15.9. The van der Waals surface area contributed by atoms with Gasteiger partial charge in [-0.15, -0.1) is 0 Å². The summed E-state index contributed by atoms with van der Waals surface area (Å²) in [4.78, 5) is 28.4. The molecule has 0 saturated heterocycles. The number of carbonyl (C=O) groups excluding carboxylic acids is 2. The first-order valence-corrected chi connectivity index (χ1v) is 8.74. The molecule has 0 aliphatic heterocycles. The maximum Gasteiger partial charge on any atom is 0.315 e. The molecule has 0 aliphatic rings. The van der Waals surface area contributed by atoms with Gasteiger partial charge < -0.3 is 14.5 Å². The van der Waals surface area contributed by atoms with Crippen molar-refractivity contribution in [2.24, 2.45) is 0 Å². The second-order valence-electron chi connectivity index (χ2n) is 7.31. The van der Waals surface area contributed by atoms with Gasteiger partial charge in [0.15, 0.2) is 0 Å². The number of nitriles is 1. The number of benzene rings is 1. The first kappa shape index (κ1) is 19.1. The van der Waals surface area contributed by atoms with Crippen molar-refractivity contribution >= 4 is 23.2 Å². The molecule has 0 fully saturated rings. The van der Waals surface area contributed by atoms with E-state index in [1.54, 1.807) is 55.6 Å². The molecular formula is C21H20N4O3. The van der Waals surface area contributed by atoms with E-state index in [2.05, 4.69) is 16.4 Å². The van der Waals surface area contributed by atoms with Crippen LogP contribution in [0.25, 0.3) is 16.9 Å². The molecule has 3 rings (SSSR count). The van der Waals surface area contributed by atoms with E-state index in [0.717, 1.165) is 11.3 Å². The van der Waals surface area contributed by atoms with Gasteiger partial charge in [-0.3, -0.25) is 9.59 Å². The Balaban J connectivity index is 1.72. The van der Waals surface area contributed by atoms with E-state index in [1.807, 2.05) is 18.3 Å². The number of pyridine rings is 1. The molecule has 1 aromatic carbocycles. The summed E-state index contributed by atoms with van der Waals surface area (Å²) in [5.41, 5.74) is 2.85. The number of anilines is 1. The number of carbonyl (C=O) groups is 2. The highest BCUT2D eigenvalue weighted by Gasteiger charge is 2.19. The van der Waals surface area contributed by atoms with Crippen LogP contribution in [0.1, 0.15) is 32.8 Å². The number of fused-ring (bicyclic) bond motifs is 1. The summed E-state index contributed by atoms with van der Waals surface area (Å²) in [5.74, 6) is -1.02. The first-order chi connectivity index (χ1) is 13.2. The van der Waals surface area contributed by atoms with Crippen LogP contribution in [0.2, 0.25) is 0 Å². The molecule has 0 atom stereocenters. The number of esters is 1. The van der Waals surface area contributed by atoms with Crippen molar-refractivity contribution in [1.29, 1.82) is 5.26 Å². The molecule has 0 spiro atoms. The standard InChI is InChI=1S/C21H20N4O3/c1-21(2,3)28-20(27)10-19(26)23-16-8-9-18-24-17(13-25(18)12-16)15-6-4-14(11-22)5-7-15/h4-9,12-13H,10H2,1-3H3,(H,23,26). The third kappa shape index (κ3) is 4.74. The Labute approximate surface area is 162 Å². The van der Waals surface area contributed by atoms with Crippen LogP contribution in [0.15, 0.2) is 48.8 Å². The fourth-order valence-electron chi connectivity index (χ4n) is 2.63. The van der Waals surface area contributed by atoms with Gasteiger partial charge in [0, 0.05) is 18.0 Å². The molecule has 2 aromatic heterocycles. The van der Waals surface area contributed by atoms with Gasteiger partial charge in [-0.05, 0) is 45.0 Å². The Morgan fingerprint density at radius 1 is 1.14 bits per heavy atom. The lowest BCUT2D eigenvalue weighted by Crippen LogP contribution is -2.27. The van der Waals surface area contributed by atoms with Gasteiger partial charge in [-0.25, -0.2) is 4.98 Å². The molecule has 0 saturated carbocycles. The SMILES string of the molecule is CC(C)(C)OC(=O)CC(=O)Nc1ccc2nc(-c3ccc(C#N)cc3)cn2c1. The number of hydrogen-bond acceptors (Lipinski definition) is 5. The summed E-state index contributed by atoms with van der Waals surface area (Å²) in [6.07, 6.45) is 3.21. The van der Waals surface area contributed by atoms with Gasteiger partial charge in [-0.1, -0.05) is 12.1 Å². The highest BCUT2D eigenvalue weighted by molar-refractivity contribution is 6.01. The minimum Gasteiger partial charge on any atom is -0.460 e. The first-order valence-electron chi connectivity index (χ1n) is 8.74. The highest BCUT2D eigenvalue weighted by atomic mass is 16.6. The molecule has 0 unspecified atom stereocenters. The van der Waals surface area contributed by atoms with Crippen molar-refractivity contribution in [2.75, 3.05) is 5.32 Å². The van der Waals surface area contributed by atoms with Crippen molar-refractivity contribution in [3.8, 4) is 17.3 Å². The molecule has 142 valence electrons. The van der Waals surface area contributed by atoms with E-state index in [0.29, 0.717) is 16.9 Å². The number of amides is 1. The lowest BCUT2D eigenvalue weighted by atomic mass is 10.1. The molecule has 1 N–H and O–H groups in total. The van der Waals surface area contributed by atoms with E-state index in [4.69, 9.17) is 10.00 Å². The number of ether oxygens (including phenoxy) is 1. The summed E-state index contributed by atoms with van der Waals surface area (Å²) >= 11 is 0. The van der Waals surface area contributed by atoms with Gasteiger partial charge in [0.25, 0.3) is 0 Å². The second kappa shape index (κ2) is 7.53. The lowest BCUT2D eigenvalue weighted by molar-refractivity contribution is -0.155. The number of nitrogens with one attached hydrogen (secondary N) is 1. The van der Waals surface area contributed by atoms with Gasteiger partial charge >= 0.3 is 5.97 Å². The normalized spacial score (nSPS) is 11.1. The van der Waals surface area contributed by atoms with E-state index in [1.165, 1.54) is 0 Å². The van der Waals surface area contributed by atoms with E-state index >= 15 is 0 Å². The summed E-state index contributed by atoms with van der Waals surface area (Å²) in [6.45, 7) is 5.25. The minimum atomic E-state index is -0.630. The van der Waals surface area contributed by atoms with Gasteiger partial charge in [0.1, 0.15) is 17.7 Å². The van der Waals surface area contributed by atoms with E-state index < -0.39 is 17.5 Å². The predicted molar refractivity (Wildman–Crippen MR) is 104 cm³/mol. The molecule has 28 heavy (non-hydrogen) atoms. The maximum absolute atomic E-state index is 12.1.